The molecular weight excluding hydrogens is 275 g/mol. The summed E-state index contributed by atoms with van der Waals surface area (Å²) in [4.78, 5) is 0.828. The van der Waals surface area contributed by atoms with Crippen molar-refractivity contribution >= 4 is 34.5 Å². The van der Waals surface area contributed by atoms with Gasteiger partial charge in [-0.1, -0.05) is 41.9 Å². The van der Waals surface area contributed by atoms with E-state index in [9.17, 15) is 5.11 Å². The van der Waals surface area contributed by atoms with Crippen molar-refractivity contribution in [3.63, 3.8) is 0 Å². The van der Waals surface area contributed by atoms with Gasteiger partial charge in [0.25, 0.3) is 0 Å². The molecule has 1 atom stereocenters. The van der Waals surface area contributed by atoms with Crippen LogP contribution >= 0.6 is 34.5 Å². The van der Waals surface area contributed by atoms with Crippen molar-refractivity contribution in [2.24, 2.45) is 0 Å². The van der Waals surface area contributed by atoms with Crippen molar-refractivity contribution in [2.75, 3.05) is 5.88 Å². The normalized spacial score (nSPS) is 14.5. The molecule has 1 heterocycles. The van der Waals surface area contributed by atoms with E-state index in [1.54, 1.807) is 6.07 Å². The molecule has 2 rings (SSSR count). The molecule has 0 aliphatic rings. The Morgan fingerprint density at radius 1 is 1.12 bits per heavy atom. The highest BCUT2D eigenvalue weighted by molar-refractivity contribution is 7.16. The fraction of sp³-hybridized carbons (Fsp3) is 0.231. The number of hydrogen-bond donors (Lipinski definition) is 1. The topological polar surface area (TPSA) is 20.2 Å². The van der Waals surface area contributed by atoms with Crippen LogP contribution in [0.4, 0.5) is 0 Å². The van der Waals surface area contributed by atoms with E-state index >= 15 is 0 Å². The lowest BCUT2D eigenvalue weighted by Crippen LogP contribution is -2.26. The Morgan fingerprint density at radius 3 is 2.35 bits per heavy atom. The number of alkyl halides is 1. The van der Waals surface area contributed by atoms with Crippen molar-refractivity contribution in [1.82, 2.24) is 0 Å². The summed E-state index contributed by atoms with van der Waals surface area (Å²) in [5, 5.41) is 10.8. The van der Waals surface area contributed by atoms with Gasteiger partial charge >= 0.3 is 0 Å². The molecule has 2 aromatic rings. The molecule has 0 spiro atoms. The third kappa shape index (κ3) is 2.66. The summed E-state index contributed by atoms with van der Waals surface area (Å²) in [6.45, 7) is 0. The Bertz CT molecular complexity index is 483. The molecule has 17 heavy (non-hydrogen) atoms. The van der Waals surface area contributed by atoms with Crippen LogP contribution in [0.5, 0.6) is 0 Å². The summed E-state index contributed by atoms with van der Waals surface area (Å²) in [6, 6.07) is 13.2. The van der Waals surface area contributed by atoms with E-state index in [1.165, 1.54) is 11.3 Å². The molecule has 0 radical (unpaired) electrons. The highest BCUT2D eigenvalue weighted by Crippen LogP contribution is 2.38. The van der Waals surface area contributed by atoms with E-state index in [0.29, 0.717) is 16.6 Å². The predicted molar refractivity (Wildman–Crippen MR) is 74.1 cm³/mol. The zero-order chi connectivity index (χ0) is 12.3. The van der Waals surface area contributed by atoms with Crippen molar-refractivity contribution in [1.29, 1.82) is 0 Å². The summed E-state index contributed by atoms with van der Waals surface area (Å²) < 4.78 is 0.670. The monoisotopic (exact) mass is 286 g/mol. The molecule has 1 unspecified atom stereocenters. The lowest BCUT2D eigenvalue weighted by molar-refractivity contribution is 0.0813. The van der Waals surface area contributed by atoms with Crippen LogP contribution in [0, 0.1) is 0 Å². The van der Waals surface area contributed by atoms with Gasteiger partial charge < -0.3 is 5.11 Å². The number of hydrogen-bond acceptors (Lipinski definition) is 2. The molecule has 4 heteroatoms. The lowest BCUT2D eigenvalue weighted by atomic mass is 9.89. The van der Waals surface area contributed by atoms with Gasteiger partial charge in [0.2, 0.25) is 0 Å². The van der Waals surface area contributed by atoms with Gasteiger partial charge in [-0.25, -0.2) is 0 Å². The molecule has 0 fully saturated rings. The van der Waals surface area contributed by atoms with Crippen LogP contribution in [-0.2, 0) is 5.60 Å². The van der Waals surface area contributed by atoms with Crippen LogP contribution in [0.3, 0.4) is 0 Å². The standard InChI is InChI=1S/C13H12Cl2OS/c14-9-8-13(16,10-4-2-1-3-5-10)11-6-7-12(15)17-11/h1-7,16H,8-9H2. The average molecular weight is 287 g/mol. The van der Waals surface area contributed by atoms with E-state index in [2.05, 4.69) is 0 Å². The quantitative estimate of drug-likeness (QED) is 0.833. The Labute approximate surface area is 115 Å². The van der Waals surface area contributed by atoms with E-state index in [-0.39, 0.29) is 0 Å². The molecule has 1 nitrogen and oxygen atoms in total. The van der Waals surface area contributed by atoms with E-state index in [1.807, 2.05) is 36.4 Å². The zero-order valence-electron chi connectivity index (χ0n) is 9.07. The second-order valence-corrected chi connectivity index (χ2v) is 5.86. The summed E-state index contributed by atoms with van der Waals surface area (Å²) in [6.07, 6.45) is 0.468. The maximum absolute atomic E-state index is 10.8. The van der Waals surface area contributed by atoms with Gasteiger partial charge in [0, 0.05) is 10.8 Å². The van der Waals surface area contributed by atoms with Crippen LogP contribution < -0.4 is 0 Å². The number of aliphatic hydroxyl groups is 1. The Balaban J connectivity index is 2.46. The third-order valence-corrected chi connectivity index (χ3v) is 4.26. The van der Waals surface area contributed by atoms with Gasteiger partial charge in [-0.2, -0.15) is 0 Å². The molecular formula is C13H12Cl2OS. The van der Waals surface area contributed by atoms with Gasteiger partial charge in [0.15, 0.2) is 0 Å². The first-order valence-electron chi connectivity index (χ1n) is 5.26. The Kier molecular flexibility index (Phi) is 4.10. The molecule has 0 aliphatic heterocycles. The fourth-order valence-corrected chi connectivity index (χ4v) is 3.25. The maximum Gasteiger partial charge on any atom is 0.125 e. The first-order chi connectivity index (χ1) is 8.16. The summed E-state index contributed by atoms with van der Waals surface area (Å²) in [5.74, 6) is 0.390. The van der Waals surface area contributed by atoms with Crippen LogP contribution in [-0.4, -0.2) is 11.0 Å². The minimum absolute atomic E-state index is 0.390. The van der Waals surface area contributed by atoms with Crippen LogP contribution in [0.15, 0.2) is 42.5 Å². The van der Waals surface area contributed by atoms with Gasteiger partial charge in [-0.15, -0.1) is 22.9 Å². The number of benzene rings is 1. The van der Waals surface area contributed by atoms with Gasteiger partial charge in [-0.3, -0.25) is 0 Å². The Hall–Kier alpha value is -0.540. The molecule has 90 valence electrons. The van der Waals surface area contributed by atoms with Crippen LogP contribution in [0.2, 0.25) is 4.34 Å². The highest BCUT2D eigenvalue weighted by atomic mass is 35.5. The summed E-state index contributed by atoms with van der Waals surface area (Å²) >= 11 is 13.1. The van der Waals surface area contributed by atoms with E-state index < -0.39 is 5.60 Å². The second kappa shape index (κ2) is 5.40. The van der Waals surface area contributed by atoms with Crippen LogP contribution in [0.25, 0.3) is 0 Å². The first-order valence-corrected chi connectivity index (χ1v) is 6.99. The largest absolute Gasteiger partial charge is 0.380 e. The second-order valence-electron chi connectivity index (χ2n) is 3.77. The molecule has 0 bridgehead atoms. The fourth-order valence-electron chi connectivity index (χ4n) is 1.80. The number of halogens is 2. The summed E-state index contributed by atoms with van der Waals surface area (Å²) in [7, 11) is 0. The summed E-state index contributed by atoms with van der Waals surface area (Å²) in [5.41, 5.74) is -0.194. The van der Waals surface area contributed by atoms with Gasteiger partial charge in [0.05, 0.1) is 4.34 Å². The molecule has 0 saturated carbocycles. The highest BCUT2D eigenvalue weighted by Gasteiger charge is 2.32. The Morgan fingerprint density at radius 2 is 1.82 bits per heavy atom. The van der Waals surface area contributed by atoms with Crippen molar-refractivity contribution in [3.05, 3.63) is 57.2 Å². The van der Waals surface area contributed by atoms with E-state index in [4.69, 9.17) is 23.2 Å². The molecule has 0 amide bonds. The predicted octanol–water partition coefficient (Wildman–Crippen LogP) is 4.27. The lowest BCUT2D eigenvalue weighted by Gasteiger charge is -2.26. The molecule has 1 N–H and O–H groups in total. The zero-order valence-corrected chi connectivity index (χ0v) is 11.4. The van der Waals surface area contributed by atoms with Crippen molar-refractivity contribution in [3.8, 4) is 0 Å². The SMILES string of the molecule is OC(CCCl)(c1ccccc1)c1ccc(Cl)s1. The molecule has 1 aromatic carbocycles. The minimum Gasteiger partial charge on any atom is -0.380 e. The van der Waals surface area contributed by atoms with Crippen LogP contribution in [0.1, 0.15) is 16.9 Å². The molecule has 0 aliphatic carbocycles. The number of rotatable bonds is 4. The van der Waals surface area contributed by atoms with Crippen molar-refractivity contribution < 1.29 is 5.11 Å². The molecule has 1 aromatic heterocycles. The number of thiophene rings is 1. The van der Waals surface area contributed by atoms with Gasteiger partial charge in [0.1, 0.15) is 5.60 Å². The van der Waals surface area contributed by atoms with Gasteiger partial charge in [-0.05, 0) is 24.1 Å². The smallest absolute Gasteiger partial charge is 0.125 e. The van der Waals surface area contributed by atoms with E-state index in [0.717, 1.165) is 10.4 Å². The maximum atomic E-state index is 10.8. The first kappa shape index (κ1) is 12.9. The molecule has 0 saturated heterocycles. The third-order valence-electron chi connectivity index (χ3n) is 2.69. The average Bonchev–Trinajstić information content (AvgIpc) is 2.78. The van der Waals surface area contributed by atoms with Crippen molar-refractivity contribution in [2.45, 2.75) is 12.0 Å². The minimum atomic E-state index is -1.04.